The van der Waals surface area contributed by atoms with Gasteiger partial charge in [-0.3, -0.25) is 0 Å². The molecule has 1 aromatic carbocycles. The topological polar surface area (TPSA) is 25.2 Å². The summed E-state index contributed by atoms with van der Waals surface area (Å²) in [5.41, 5.74) is 4.38. The standard InChI is InChI=1S/C17H22FNO/c1-6-19-17(15-8-7-14(18)9-10(15)2)16-11(3)12(4)20-13(16)5/h7-9,17,19H,6H2,1-5H3. The molecular weight excluding hydrogens is 253 g/mol. The first-order valence-corrected chi connectivity index (χ1v) is 7.01. The first-order chi connectivity index (χ1) is 9.45. The van der Waals surface area contributed by atoms with Crippen molar-refractivity contribution < 1.29 is 8.81 Å². The second-order valence-electron chi connectivity index (χ2n) is 5.24. The lowest BCUT2D eigenvalue weighted by atomic mass is 9.92. The second kappa shape index (κ2) is 5.80. The fourth-order valence-electron chi connectivity index (χ4n) is 2.77. The van der Waals surface area contributed by atoms with Gasteiger partial charge in [0.25, 0.3) is 0 Å². The lowest BCUT2D eigenvalue weighted by Crippen LogP contribution is -2.23. The number of halogens is 1. The van der Waals surface area contributed by atoms with Crippen LogP contribution in [-0.2, 0) is 0 Å². The number of hydrogen-bond acceptors (Lipinski definition) is 2. The largest absolute Gasteiger partial charge is 0.466 e. The Hall–Kier alpha value is -1.61. The van der Waals surface area contributed by atoms with Crippen LogP contribution in [0, 0.1) is 33.5 Å². The molecule has 0 amide bonds. The maximum absolute atomic E-state index is 13.3. The summed E-state index contributed by atoms with van der Waals surface area (Å²) in [7, 11) is 0. The van der Waals surface area contributed by atoms with Crippen LogP contribution in [0.5, 0.6) is 0 Å². The van der Waals surface area contributed by atoms with Crippen molar-refractivity contribution >= 4 is 0 Å². The highest BCUT2D eigenvalue weighted by Gasteiger charge is 2.23. The number of furan rings is 1. The van der Waals surface area contributed by atoms with Gasteiger partial charge in [-0.1, -0.05) is 13.0 Å². The summed E-state index contributed by atoms with van der Waals surface area (Å²) in [5, 5.41) is 3.49. The van der Waals surface area contributed by atoms with Crippen LogP contribution in [0.2, 0.25) is 0 Å². The van der Waals surface area contributed by atoms with Crippen molar-refractivity contribution in [1.29, 1.82) is 0 Å². The Morgan fingerprint density at radius 2 is 1.85 bits per heavy atom. The molecule has 0 saturated carbocycles. The molecule has 0 bridgehead atoms. The molecule has 2 rings (SSSR count). The van der Waals surface area contributed by atoms with E-state index < -0.39 is 0 Å². The molecular formula is C17H22FNO. The average Bonchev–Trinajstić information content (AvgIpc) is 2.62. The molecule has 0 saturated heterocycles. The van der Waals surface area contributed by atoms with E-state index >= 15 is 0 Å². The van der Waals surface area contributed by atoms with Crippen molar-refractivity contribution in [1.82, 2.24) is 5.32 Å². The Bertz CT molecular complexity index is 616. The zero-order valence-corrected chi connectivity index (χ0v) is 12.8. The Kier molecular flexibility index (Phi) is 4.29. The zero-order valence-electron chi connectivity index (χ0n) is 12.8. The maximum Gasteiger partial charge on any atom is 0.123 e. The SMILES string of the molecule is CCNC(c1ccc(F)cc1C)c1c(C)oc(C)c1C. The third kappa shape index (κ3) is 2.63. The van der Waals surface area contributed by atoms with E-state index in [9.17, 15) is 4.39 Å². The predicted molar refractivity (Wildman–Crippen MR) is 79.6 cm³/mol. The molecule has 1 atom stereocenters. The van der Waals surface area contributed by atoms with Crippen LogP contribution >= 0.6 is 0 Å². The van der Waals surface area contributed by atoms with Crippen molar-refractivity contribution in [3.63, 3.8) is 0 Å². The van der Waals surface area contributed by atoms with E-state index in [1.807, 2.05) is 26.8 Å². The van der Waals surface area contributed by atoms with Gasteiger partial charge in [0.2, 0.25) is 0 Å². The zero-order chi connectivity index (χ0) is 14.9. The fraction of sp³-hybridized carbons (Fsp3) is 0.412. The summed E-state index contributed by atoms with van der Waals surface area (Å²) in [5.74, 6) is 1.67. The van der Waals surface area contributed by atoms with Crippen LogP contribution in [0.25, 0.3) is 0 Å². The minimum atomic E-state index is -0.196. The van der Waals surface area contributed by atoms with E-state index in [4.69, 9.17) is 4.42 Å². The Labute approximate surface area is 120 Å². The number of nitrogens with one attached hydrogen (secondary N) is 1. The molecule has 3 heteroatoms. The third-order valence-corrected chi connectivity index (χ3v) is 3.86. The van der Waals surface area contributed by atoms with Gasteiger partial charge >= 0.3 is 0 Å². The molecule has 0 aliphatic rings. The molecule has 0 aliphatic heterocycles. The van der Waals surface area contributed by atoms with Crippen LogP contribution in [-0.4, -0.2) is 6.54 Å². The summed E-state index contributed by atoms with van der Waals surface area (Å²) < 4.78 is 19.1. The molecule has 0 aliphatic carbocycles. The average molecular weight is 275 g/mol. The minimum Gasteiger partial charge on any atom is -0.466 e. The lowest BCUT2D eigenvalue weighted by Gasteiger charge is -2.21. The van der Waals surface area contributed by atoms with Crippen LogP contribution in [0.3, 0.4) is 0 Å². The highest BCUT2D eigenvalue weighted by Crippen LogP contribution is 2.33. The molecule has 1 N–H and O–H groups in total. The summed E-state index contributed by atoms with van der Waals surface area (Å²) in [6.07, 6.45) is 0. The Balaban J connectivity index is 2.56. The van der Waals surface area contributed by atoms with E-state index in [0.717, 1.165) is 34.8 Å². The van der Waals surface area contributed by atoms with Crippen molar-refractivity contribution in [2.24, 2.45) is 0 Å². The Morgan fingerprint density at radius 3 is 2.35 bits per heavy atom. The normalized spacial score (nSPS) is 12.7. The Morgan fingerprint density at radius 1 is 1.15 bits per heavy atom. The monoisotopic (exact) mass is 275 g/mol. The summed E-state index contributed by atoms with van der Waals surface area (Å²) in [4.78, 5) is 0. The molecule has 0 fully saturated rings. The van der Waals surface area contributed by atoms with E-state index in [2.05, 4.69) is 19.2 Å². The van der Waals surface area contributed by atoms with Crippen molar-refractivity contribution in [2.75, 3.05) is 6.54 Å². The highest BCUT2D eigenvalue weighted by molar-refractivity contribution is 5.43. The summed E-state index contributed by atoms with van der Waals surface area (Å²) >= 11 is 0. The molecule has 108 valence electrons. The van der Waals surface area contributed by atoms with Crippen molar-refractivity contribution in [3.05, 3.63) is 57.8 Å². The smallest absolute Gasteiger partial charge is 0.123 e. The van der Waals surface area contributed by atoms with Gasteiger partial charge in [-0.05, 0) is 63.1 Å². The molecule has 1 aromatic heterocycles. The van der Waals surface area contributed by atoms with E-state index in [0.29, 0.717) is 0 Å². The van der Waals surface area contributed by atoms with Crippen LogP contribution < -0.4 is 5.32 Å². The van der Waals surface area contributed by atoms with Crippen molar-refractivity contribution in [2.45, 2.75) is 40.7 Å². The first-order valence-electron chi connectivity index (χ1n) is 7.01. The van der Waals surface area contributed by atoms with Gasteiger partial charge in [-0.2, -0.15) is 0 Å². The van der Waals surface area contributed by atoms with Gasteiger partial charge in [-0.15, -0.1) is 0 Å². The molecule has 20 heavy (non-hydrogen) atoms. The van der Waals surface area contributed by atoms with E-state index in [1.54, 1.807) is 6.07 Å². The molecule has 0 radical (unpaired) electrons. The van der Waals surface area contributed by atoms with Gasteiger partial charge in [0, 0.05) is 5.56 Å². The number of hydrogen-bond donors (Lipinski definition) is 1. The molecule has 2 nitrogen and oxygen atoms in total. The van der Waals surface area contributed by atoms with Crippen LogP contribution in [0.1, 0.15) is 46.7 Å². The van der Waals surface area contributed by atoms with Crippen LogP contribution in [0.15, 0.2) is 22.6 Å². The summed E-state index contributed by atoms with van der Waals surface area (Å²) in [6.45, 7) is 10.9. The van der Waals surface area contributed by atoms with Gasteiger partial charge < -0.3 is 9.73 Å². The van der Waals surface area contributed by atoms with E-state index in [-0.39, 0.29) is 11.9 Å². The minimum absolute atomic E-state index is 0.0399. The molecule has 1 heterocycles. The number of rotatable bonds is 4. The van der Waals surface area contributed by atoms with Gasteiger partial charge in [0.15, 0.2) is 0 Å². The van der Waals surface area contributed by atoms with Gasteiger partial charge in [-0.25, -0.2) is 4.39 Å². The molecule has 0 spiro atoms. The second-order valence-corrected chi connectivity index (χ2v) is 5.24. The first kappa shape index (κ1) is 14.8. The fourth-order valence-corrected chi connectivity index (χ4v) is 2.77. The predicted octanol–water partition coefficient (Wildman–Crippen LogP) is 4.35. The van der Waals surface area contributed by atoms with Gasteiger partial charge in [0.05, 0.1) is 6.04 Å². The number of benzene rings is 1. The van der Waals surface area contributed by atoms with Gasteiger partial charge in [0.1, 0.15) is 17.3 Å². The van der Waals surface area contributed by atoms with Crippen molar-refractivity contribution in [3.8, 4) is 0 Å². The summed E-state index contributed by atoms with van der Waals surface area (Å²) in [6, 6.07) is 5.00. The lowest BCUT2D eigenvalue weighted by molar-refractivity contribution is 0.494. The molecule has 2 aromatic rings. The van der Waals surface area contributed by atoms with Crippen LogP contribution in [0.4, 0.5) is 4.39 Å². The quantitative estimate of drug-likeness (QED) is 0.897. The van der Waals surface area contributed by atoms with E-state index in [1.165, 1.54) is 11.6 Å². The highest BCUT2D eigenvalue weighted by atomic mass is 19.1. The molecule has 1 unspecified atom stereocenters. The third-order valence-electron chi connectivity index (χ3n) is 3.86. The maximum atomic E-state index is 13.3. The number of aryl methyl sites for hydroxylation is 3.